The average molecular weight is 818 g/mol. The van der Waals surface area contributed by atoms with E-state index in [2.05, 4.69) is 151 Å². The maximum absolute atomic E-state index is 6.83. The van der Waals surface area contributed by atoms with Crippen LogP contribution in [0, 0.1) is 0 Å². The van der Waals surface area contributed by atoms with Crippen molar-refractivity contribution in [3.8, 4) is 56.5 Å². The predicted octanol–water partition coefficient (Wildman–Crippen LogP) is 14.1. The minimum Gasteiger partial charge on any atom is -0.457 e. The molecule has 0 saturated heterocycles. The Kier molecular flexibility index (Phi) is 9.27. The van der Waals surface area contributed by atoms with Crippen molar-refractivity contribution < 1.29 is 4.74 Å². The van der Waals surface area contributed by atoms with Crippen LogP contribution in [0.4, 0.5) is 40.2 Å². The Morgan fingerprint density at radius 1 is 0.460 bits per heavy atom. The molecule has 9 aromatic rings. The summed E-state index contributed by atoms with van der Waals surface area (Å²) in [5, 5.41) is 0. The molecule has 63 heavy (non-hydrogen) atoms. The zero-order valence-corrected chi connectivity index (χ0v) is 35.2. The third-order valence-electron chi connectivity index (χ3n) is 11.7. The molecule has 2 aliphatic heterocycles. The number of anilines is 7. The quantitative estimate of drug-likeness (QED) is 0.157. The molecule has 0 bridgehead atoms. The molecule has 0 atom stereocenters. The molecule has 4 heterocycles. The summed E-state index contributed by atoms with van der Waals surface area (Å²) < 4.78 is 6.83. The van der Waals surface area contributed by atoms with Gasteiger partial charge in [0.25, 0.3) is 0 Å². The standard InChI is InChI=1S/C55H43N7O/c1-55(2,3)39-31-32-56-51(33-39)62-47-26-13-12-25-45(47)43-23-10-11-24-44(43)46-30-29-42(35-50(46)62)63-41-22-16-21-40(34-41)60-36-61(49-28-15-14-27-48(49)60)54-58-52(37-17-6-4-7-18-37)57-53(59-54)38-19-8-5-9-20-38/h4-35H,36H2,1-3H3. The van der Waals surface area contributed by atoms with Crippen LogP contribution < -0.4 is 19.4 Å². The number of aromatic nitrogens is 4. The zero-order valence-electron chi connectivity index (χ0n) is 35.2. The van der Waals surface area contributed by atoms with Crippen LogP contribution in [-0.4, -0.2) is 26.6 Å². The van der Waals surface area contributed by atoms with E-state index in [9.17, 15) is 0 Å². The number of pyridine rings is 1. The monoisotopic (exact) mass is 817 g/mol. The van der Waals surface area contributed by atoms with Crippen LogP contribution in [0.3, 0.4) is 0 Å². The molecule has 0 fully saturated rings. The molecular formula is C55H43N7O. The highest BCUT2D eigenvalue weighted by Gasteiger charge is 2.32. The number of fused-ring (bicyclic) bond motifs is 6. The summed E-state index contributed by atoms with van der Waals surface area (Å²) in [6.45, 7) is 7.20. The van der Waals surface area contributed by atoms with Crippen molar-refractivity contribution in [3.05, 3.63) is 200 Å². The van der Waals surface area contributed by atoms with Gasteiger partial charge in [0.1, 0.15) is 24.0 Å². The number of hydrogen-bond donors (Lipinski definition) is 0. The lowest BCUT2D eigenvalue weighted by atomic mass is 9.87. The van der Waals surface area contributed by atoms with Crippen molar-refractivity contribution >= 4 is 40.2 Å². The summed E-state index contributed by atoms with van der Waals surface area (Å²) in [5.74, 6) is 4.10. The Balaban J connectivity index is 0.968. The van der Waals surface area contributed by atoms with Gasteiger partial charge in [-0.3, -0.25) is 9.80 Å². The van der Waals surface area contributed by atoms with Crippen molar-refractivity contribution in [2.45, 2.75) is 26.2 Å². The predicted molar refractivity (Wildman–Crippen MR) is 255 cm³/mol. The number of hydrogen-bond acceptors (Lipinski definition) is 8. The van der Waals surface area contributed by atoms with Gasteiger partial charge in [-0.1, -0.05) is 142 Å². The van der Waals surface area contributed by atoms with E-state index in [0.717, 1.165) is 73.6 Å². The minimum atomic E-state index is -0.0563. The highest BCUT2D eigenvalue weighted by molar-refractivity contribution is 6.02. The van der Waals surface area contributed by atoms with Crippen LogP contribution in [-0.2, 0) is 5.41 Å². The number of ether oxygens (including phenoxy) is 1. The van der Waals surface area contributed by atoms with E-state index >= 15 is 0 Å². The van der Waals surface area contributed by atoms with E-state index in [1.54, 1.807) is 0 Å². The molecule has 304 valence electrons. The van der Waals surface area contributed by atoms with Gasteiger partial charge < -0.3 is 9.64 Å². The summed E-state index contributed by atoms with van der Waals surface area (Å²) in [6, 6.07) is 64.7. The van der Waals surface area contributed by atoms with Gasteiger partial charge in [-0.05, 0) is 76.7 Å². The van der Waals surface area contributed by atoms with E-state index in [1.165, 1.54) is 11.1 Å². The topological polar surface area (TPSA) is 70.5 Å². The Morgan fingerprint density at radius 2 is 1.03 bits per heavy atom. The molecule has 7 aromatic carbocycles. The molecule has 8 nitrogen and oxygen atoms in total. The zero-order chi connectivity index (χ0) is 42.5. The van der Waals surface area contributed by atoms with Gasteiger partial charge in [0.2, 0.25) is 5.95 Å². The second kappa shape index (κ2) is 15.4. The van der Waals surface area contributed by atoms with E-state index in [4.69, 9.17) is 24.7 Å². The highest BCUT2D eigenvalue weighted by Crippen LogP contribution is 2.52. The lowest BCUT2D eigenvalue weighted by Crippen LogP contribution is -2.25. The average Bonchev–Trinajstić information content (AvgIpc) is 3.67. The number of para-hydroxylation sites is 3. The largest absolute Gasteiger partial charge is 0.457 e. The summed E-state index contributed by atoms with van der Waals surface area (Å²) in [5.41, 5.74) is 12.7. The van der Waals surface area contributed by atoms with Gasteiger partial charge in [-0.15, -0.1) is 0 Å². The van der Waals surface area contributed by atoms with Gasteiger partial charge in [-0.25, -0.2) is 9.97 Å². The maximum atomic E-state index is 6.83. The lowest BCUT2D eigenvalue weighted by molar-refractivity contribution is 0.483. The molecule has 11 rings (SSSR count). The Morgan fingerprint density at radius 3 is 1.70 bits per heavy atom. The van der Waals surface area contributed by atoms with Crippen LogP contribution in [0.25, 0.3) is 45.0 Å². The van der Waals surface area contributed by atoms with E-state index < -0.39 is 0 Å². The molecule has 0 radical (unpaired) electrons. The smallest absolute Gasteiger partial charge is 0.235 e. The molecule has 0 unspecified atom stereocenters. The summed E-state index contributed by atoms with van der Waals surface area (Å²) in [4.78, 5) is 26.8. The Hall–Kier alpha value is -8.10. The molecule has 0 amide bonds. The van der Waals surface area contributed by atoms with Crippen molar-refractivity contribution in [2.24, 2.45) is 0 Å². The first-order chi connectivity index (χ1) is 30.9. The fourth-order valence-electron chi connectivity index (χ4n) is 8.60. The molecule has 0 aliphatic carbocycles. The third kappa shape index (κ3) is 7.01. The van der Waals surface area contributed by atoms with E-state index in [-0.39, 0.29) is 5.41 Å². The molecule has 2 aromatic heterocycles. The van der Waals surface area contributed by atoms with Crippen molar-refractivity contribution in [1.82, 2.24) is 19.9 Å². The van der Waals surface area contributed by atoms with E-state index in [1.807, 2.05) is 79.0 Å². The third-order valence-corrected chi connectivity index (χ3v) is 11.7. The first-order valence-electron chi connectivity index (χ1n) is 21.2. The second-order valence-electron chi connectivity index (χ2n) is 16.8. The summed E-state index contributed by atoms with van der Waals surface area (Å²) >= 11 is 0. The van der Waals surface area contributed by atoms with Gasteiger partial charge in [0.05, 0.1) is 22.7 Å². The molecule has 0 N–H and O–H groups in total. The lowest BCUT2D eigenvalue weighted by Gasteiger charge is -2.28. The highest BCUT2D eigenvalue weighted by atomic mass is 16.5. The van der Waals surface area contributed by atoms with Crippen molar-refractivity contribution in [1.29, 1.82) is 0 Å². The molecule has 8 heteroatoms. The number of rotatable bonds is 7. The van der Waals surface area contributed by atoms with Crippen LogP contribution in [0.5, 0.6) is 11.5 Å². The maximum Gasteiger partial charge on any atom is 0.235 e. The fraction of sp³-hybridized carbons (Fsp3) is 0.0909. The molecule has 0 saturated carbocycles. The number of nitrogens with zero attached hydrogens (tertiary/aromatic N) is 7. The fourth-order valence-corrected chi connectivity index (χ4v) is 8.60. The molecule has 2 aliphatic rings. The summed E-state index contributed by atoms with van der Waals surface area (Å²) in [6.07, 6.45) is 1.92. The molecule has 0 spiro atoms. The van der Waals surface area contributed by atoms with Crippen molar-refractivity contribution in [3.63, 3.8) is 0 Å². The van der Waals surface area contributed by atoms with Crippen LogP contribution in [0.1, 0.15) is 26.3 Å². The summed E-state index contributed by atoms with van der Waals surface area (Å²) in [7, 11) is 0. The van der Waals surface area contributed by atoms with E-state index in [0.29, 0.717) is 24.3 Å². The SMILES string of the molecule is CC(C)(C)c1ccnc(N2c3ccccc3-c3ccccc3-c3ccc(Oc4cccc(N5CN(c6nc(-c7ccccc7)nc(-c7ccccc7)n6)c6ccccc65)c4)cc32)c1. The van der Waals surface area contributed by atoms with Crippen molar-refractivity contribution in [2.75, 3.05) is 21.4 Å². The van der Waals surface area contributed by atoms with Gasteiger partial charge in [-0.2, -0.15) is 9.97 Å². The second-order valence-corrected chi connectivity index (χ2v) is 16.8. The van der Waals surface area contributed by atoms with Crippen LogP contribution in [0.15, 0.2) is 194 Å². The normalized spacial score (nSPS) is 12.8. The Bertz CT molecular complexity index is 3090. The first kappa shape index (κ1) is 37.9. The first-order valence-corrected chi connectivity index (χ1v) is 21.2. The Labute approximate surface area is 367 Å². The minimum absolute atomic E-state index is 0.0563. The number of benzene rings is 7. The van der Waals surface area contributed by atoms with Crippen LogP contribution in [0.2, 0.25) is 0 Å². The van der Waals surface area contributed by atoms with Gasteiger partial charge in [0, 0.05) is 46.3 Å². The van der Waals surface area contributed by atoms with Gasteiger partial charge >= 0.3 is 0 Å². The van der Waals surface area contributed by atoms with Gasteiger partial charge in [0.15, 0.2) is 11.6 Å². The molecular weight excluding hydrogens is 775 g/mol. The van der Waals surface area contributed by atoms with Crippen LogP contribution >= 0.6 is 0 Å².